The maximum atomic E-state index is 5.50. The van der Waals surface area contributed by atoms with E-state index in [1.807, 2.05) is 12.1 Å². The van der Waals surface area contributed by atoms with Crippen LogP contribution >= 0.6 is 0 Å². The summed E-state index contributed by atoms with van der Waals surface area (Å²) in [7, 11) is 0. The molecule has 0 aliphatic carbocycles. The Hall–Kier alpha value is -2.33. The van der Waals surface area contributed by atoms with E-state index >= 15 is 0 Å². The minimum absolute atomic E-state index is 0.236. The third kappa shape index (κ3) is 2.30. The molecule has 4 heteroatoms. The molecule has 0 saturated carbocycles. The highest BCUT2D eigenvalue weighted by Crippen LogP contribution is 2.51. The Labute approximate surface area is 166 Å². The van der Waals surface area contributed by atoms with Gasteiger partial charge >= 0.3 is 0 Å². The molecule has 0 amide bonds. The monoisotopic (exact) mass is 373 g/mol. The second-order valence-electron chi connectivity index (χ2n) is 8.98. The summed E-state index contributed by atoms with van der Waals surface area (Å²) in [6.07, 6.45) is 4.75. The molecule has 4 heterocycles. The number of aromatic nitrogens is 1. The summed E-state index contributed by atoms with van der Waals surface area (Å²) < 4.78 is 5.50. The van der Waals surface area contributed by atoms with Gasteiger partial charge in [-0.2, -0.15) is 0 Å². The first-order chi connectivity index (χ1) is 13.7. The highest BCUT2D eigenvalue weighted by Gasteiger charge is 2.51. The molecule has 0 bridgehead atoms. The SMILES string of the molecule is CC12CN(CCc3noc4ccccc34)CCC1N1CCCc3cccc2c31. The van der Waals surface area contributed by atoms with Crippen molar-refractivity contribution < 1.29 is 4.52 Å². The van der Waals surface area contributed by atoms with Crippen LogP contribution in [0.15, 0.2) is 47.0 Å². The first-order valence-electron chi connectivity index (χ1n) is 10.7. The Bertz CT molecular complexity index is 1040. The highest BCUT2D eigenvalue weighted by atomic mass is 16.5. The number of likely N-dealkylation sites (tertiary alicyclic amines) is 1. The van der Waals surface area contributed by atoms with Crippen molar-refractivity contribution in [3.8, 4) is 0 Å². The Morgan fingerprint density at radius 2 is 2.07 bits per heavy atom. The number of hydrogen-bond acceptors (Lipinski definition) is 4. The van der Waals surface area contributed by atoms with E-state index in [2.05, 4.69) is 52.2 Å². The fraction of sp³-hybridized carbons (Fsp3) is 0.458. The molecule has 1 fully saturated rings. The van der Waals surface area contributed by atoms with Crippen molar-refractivity contribution in [2.24, 2.45) is 0 Å². The molecule has 0 N–H and O–H groups in total. The summed E-state index contributed by atoms with van der Waals surface area (Å²) in [5.74, 6) is 0. The second-order valence-corrected chi connectivity index (χ2v) is 8.98. The van der Waals surface area contributed by atoms with Gasteiger partial charge in [-0.05, 0) is 42.5 Å². The van der Waals surface area contributed by atoms with Crippen molar-refractivity contribution in [1.29, 1.82) is 0 Å². The van der Waals surface area contributed by atoms with Crippen LogP contribution < -0.4 is 4.90 Å². The quantitative estimate of drug-likeness (QED) is 0.690. The molecule has 6 rings (SSSR count). The van der Waals surface area contributed by atoms with Crippen LogP contribution in [0, 0.1) is 0 Å². The summed E-state index contributed by atoms with van der Waals surface area (Å²) >= 11 is 0. The first kappa shape index (κ1) is 16.6. The number of aryl methyl sites for hydroxylation is 1. The summed E-state index contributed by atoms with van der Waals surface area (Å²) in [6, 6.07) is 15.9. The van der Waals surface area contributed by atoms with E-state index in [0.29, 0.717) is 6.04 Å². The van der Waals surface area contributed by atoms with Crippen molar-refractivity contribution in [2.45, 2.75) is 44.1 Å². The Kier molecular flexibility index (Phi) is 3.61. The summed E-state index contributed by atoms with van der Waals surface area (Å²) in [5.41, 5.74) is 6.96. The van der Waals surface area contributed by atoms with Gasteiger partial charge in [-0.25, -0.2) is 0 Å². The van der Waals surface area contributed by atoms with Crippen LogP contribution in [0.3, 0.4) is 0 Å². The number of rotatable bonds is 3. The van der Waals surface area contributed by atoms with Crippen molar-refractivity contribution in [1.82, 2.24) is 10.1 Å². The lowest BCUT2D eigenvalue weighted by Crippen LogP contribution is -2.56. The van der Waals surface area contributed by atoms with Crippen LogP contribution in [-0.4, -0.2) is 42.3 Å². The number of piperidine rings is 1. The van der Waals surface area contributed by atoms with Gasteiger partial charge in [-0.3, -0.25) is 0 Å². The van der Waals surface area contributed by atoms with Crippen LogP contribution in [-0.2, 0) is 18.3 Å². The number of para-hydroxylation sites is 2. The van der Waals surface area contributed by atoms with Gasteiger partial charge in [0.25, 0.3) is 0 Å². The predicted octanol–water partition coefficient (Wildman–Crippen LogP) is 4.17. The van der Waals surface area contributed by atoms with Crippen LogP contribution in [0.5, 0.6) is 0 Å². The molecule has 4 nitrogen and oxygen atoms in total. The standard InChI is InChI=1S/C24H27N3O/c1-24-16-26(14-11-20-18-8-2-3-10-21(18)28-25-20)15-12-22(24)27-13-5-7-17-6-4-9-19(24)23(17)27/h2-4,6,8-10,22H,5,7,11-16H2,1H3. The molecule has 2 atom stereocenters. The van der Waals surface area contributed by atoms with E-state index < -0.39 is 0 Å². The number of anilines is 1. The Morgan fingerprint density at radius 3 is 3.04 bits per heavy atom. The maximum absolute atomic E-state index is 5.50. The first-order valence-corrected chi connectivity index (χ1v) is 10.7. The summed E-state index contributed by atoms with van der Waals surface area (Å²) in [4.78, 5) is 5.40. The summed E-state index contributed by atoms with van der Waals surface area (Å²) in [5, 5.41) is 5.50. The number of benzene rings is 2. The van der Waals surface area contributed by atoms with Crippen molar-refractivity contribution in [3.63, 3.8) is 0 Å². The van der Waals surface area contributed by atoms with E-state index in [9.17, 15) is 0 Å². The van der Waals surface area contributed by atoms with E-state index in [0.717, 1.165) is 36.2 Å². The average Bonchev–Trinajstić information content (AvgIpc) is 3.25. The number of nitrogens with zero attached hydrogens (tertiary/aromatic N) is 3. The molecule has 3 aromatic rings. The lowest BCUT2D eigenvalue weighted by Gasteiger charge is -2.46. The van der Waals surface area contributed by atoms with E-state index in [1.54, 1.807) is 16.8 Å². The minimum Gasteiger partial charge on any atom is -0.367 e. The molecule has 1 aromatic heterocycles. The predicted molar refractivity (Wildman–Crippen MR) is 112 cm³/mol. The zero-order chi connectivity index (χ0) is 18.7. The molecule has 1 saturated heterocycles. The molecule has 3 aliphatic heterocycles. The minimum atomic E-state index is 0.236. The van der Waals surface area contributed by atoms with Gasteiger partial charge in [0.05, 0.1) is 5.69 Å². The fourth-order valence-corrected chi connectivity index (χ4v) is 6.07. The Morgan fingerprint density at radius 1 is 1.14 bits per heavy atom. The molecule has 2 unspecified atom stereocenters. The molecular weight excluding hydrogens is 346 g/mol. The third-order valence-corrected chi connectivity index (χ3v) is 7.37. The average molecular weight is 374 g/mol. The fourth-order valence-electron chi connectivity index (χ4n) is 6.07. The van der Waals surface area contributed by atoms with E-state index in [4.69, 9.17) is 4.52 Å². The Balaban J connectivity index is 1.25. The molecule has 0 radical (unpaired) electrons. The van der Waals surface area contributed by atoms with Crippen LogP contribution in [0.25, 0.3) is 11.0 Å². The molecular formula is C24H27N3O. The third-order valence-electron chi connectivity index (χ3n) is 7.37. The highest BCUT2D eigenvalue weighted by molar-refractivity contribution is 5.79. The molecule has 28 heavy (non-hydrogen) atoms. The lowest BCUT2D eigenvalue weighted by molar-refractivity contribution is 0.142. The van der Waals surface area contributed by atoms with E-state index in [1.165, 1.54) is 32.4 Å². The van der Waals surface area contributed by atoms with Gasteiger partial charge < -0.3 is 14.3 Å². The maximum Gasteiger partial charge on any atom is 0.167 e. The van der Waals surface area contributed by atoms with Crippen molar-refractivity contribution in [2.75, 3.05) is 31.1 Å². The summed E-state index contributed by atoms with van der Waals surface area (Å²) in [6.45, 7) is 7.10. The van der Waals surface area contributed by atoms with Gasteiger partial charge in [0.15, 0.2) is 5.58 Å². The van der Waals surface area contributed by atoms with Gasteiger partial charge in [-0.15, -0.1) is 0 Å². The number of fused-ring (bicyclic) bond motifs is 4. The van der Waals surface area contributed by atoms with Gasteiger partial charge in [-0.1, -0.05) is 42.4 Å². The molecule has 144 valence electrons. The normalized spacial score (nSPS) is 26.5. The van der Waals surface area contributed by atoms with Crippen LogP contribution in [0.1, 0.15) is 36.6 Å². The van der Waals surface area contributed by atoms with E-state index in [-0.39, 0.29) is 5.41 Å². The van der Waals surface area contributed by atoms with Gasteiger partial charge in [0, 0.05) is 55.1 Å². The van der Waals surface area contributed by atoms with Crippen molar-refractivity contribution >= 4 is 16.7 Å². The molecule has 0 spiro atoms. The second kappa shape index (κ2) is 6.08. The largest absolute Gasteiger partial charge is 0.367 e. The topological polar surface area (TPSA) is 32.5 Å². The lowest BCUT2D eigenvalue weighted by atomic mass is 9.74. The molecule has 3 aliphatic rings. The van der Waals surface area contributed by atoms with Gasteiger partial charge in [0.2, 0.25) is 0 Å². The van der Waals surface area contributed by atoms with Gasteiger partial charge in [0.1, 0.15) is 0 Å². The zero-order valence-electron chi connectivity index (χ0n) is 16.5. The van der Waals surface area contributed by atoms with Crippen LogP contribution in [0.2, 0.25) is 0 Å². The zero-order valence-corrected chi connectivity index (χ0v) is 16.5. The number of hydrogen-bond donors (Lipinski definition) is 0. The molecule has 2 aromatic carbocycles. The van der Waals surface area contributed by atoms with Crippen LogP contribution in [0.4, 0.5) is 5.69 Å². The van der Waals surface area contributed by atoms with Crippen molar-refractivity contribution in [3.05, 3.63) is 59.3 Å². The smallest absolute Gasteiger partial charge is 0.167 e.